The zero-order valence-electron chi connectivity index (χ0n) is 13.4. The number of nitrogens with zero attached hydrogens (tertiary/aromatic N) is 4. The molecule has 0 amide bonds. The van der Waals surface area contributed by atoms with Crippen LogP contribution >= 0.6 is 0 Å². The Labute approximate surface area is 135 Å². The number of anilines is 1. The van der Waals surface area contributed by atoms with Crippen LogP contribution in [0, 0.1) is 13.8 Å². The first-order valence-corrected chi connectivity index (χ1v) is 7.56. The zero-order chi connectivity index (χ0) is 16.2. The maximum absolute atomic E-state index is 5.19. The first kappa shape index (κ1) is 15.1. The van der Waals surface area contributed by atoms with Gasteiger partial charge in [0, 0.05) is 35.6 Å². The third-order valence-electron chi connectivity index (χ3n) is 3.39. The summed E-state index contributed by atoms with van der Waals surface area (Å²) < 4.78 is 5.19. The van der Waals surface area contributed by atoms with Crippen LogP contribution in [-0.4, -0.2) is 26.2 Å². The van der Waals surface area contributed by atoms with Crippen LogP contribution in [0.15, 0.2) is 41.1 Å². The molecule has 1 atom stereocenters. The van der Waals surface area contributed by atoms with Gasteiger partial charge in [-0.25, -0.2) is 4.98 Å². The molecule has 0 fully saturated rings. The molecule has 3 heterocycles. The highest BCUT2D eigenvalue weighted by atomic mass is 16.5. The third kappa shape index (κ3) is 3.91. The van der Waals surface area contributed by atoms with Gasteiger partial charge in [0.05, 0.1) is 0 Å². The Morgan fingerprint density at radius 3 is 2.78 bits per heavy atom. The average Bonchev–Trinajstić information content (AvgIpc) is 2.94. The predicted octanol–water partition coefficient (Wildman–Crippen LogP) is 3.19. The molecular formula is C17H19N5O. The minimum absolute atomic E-state index is 0.205. The summed E-state index contributed by atoms with van der Waals surface area (Å²) in [4.78, 5) is 13.1. The molecule has 0 spiro atoms. The second-order valence-electron chi connectivity index (χ2n) is 5.60. The molecule has 3 aromatic rings. The van der Waals surface area contributed by atoms with Crippen molar-refractivity contribution in [1.29, 1.82) is 0 Å². The van der Waals surface area contributed by atoms with Gasteiger partial charge < -0.3 is 9.84 Å². The van der Waals surface area contributed by atoms with Gasteiger partial charge in [-0.15, -0.1) is 0 Å². The molecule has 118 valence electrons. The number of aromatic nitrogens is 4. The quantitative estimate of drug-likeness (QED) is 0.780. The Bertz CT molecular complexity index is 799. The van der Waals surface area contributed by atoms with Crippen molar-refractivity contribution >= 4 is 5.82 Å². The second-order valence-corrected chi connectivity index (χ2v) is 5.60. The van der Waals surface area contributed by atoms with Gasteiger partial charge in [-0.3, -0.25) is 4.98 Å². The molecular weight excluding hydrogens is 290 g/mol. The smallest absolute Gasteiger partial charge is 0.258 e. The number of hydrogen-bond acceptors (Lipinski definition) is 6. The topological polar surface area (TPSA) is 76.7 Å². The third-order valence-corrected chi connectivity index (χ3v) is 3.39. The summed E-state index contributed by atoms with van der Waals surface area (Å²) in [6, 6.07) is 10.0. The van der Waals surface area contributed by atoms with Crippen molar-refractivity contribution in [3.05, 3.63) is 53.7 Å². The van der Waals surface area contributed by atoms with E-state index in [0.717, 1.165) is 29.2 Å². The number of pyridine rings is 2. The predicted molar refractivity (Wildman–Crippen MR) is 88.0 cm³/mol. The summed E-state index contributed by atoms with van der Waals surface area (Å²) in [6.07, 6.45) is 2.56. The fourth-order valence-corrected chi connectivity index (χ4v) is 2.39. The number of hydrogen-bond donors (Lipinski definition) is 1. The first-order chi connectivity index (χ1) is 11.1. The van der Waals surface area contributed by atoms with Gasteiger partial charge in [-0.05, 0) is 45.0 Å². The molecule has 23 heavy (non-hydrogen) atoms. The molecule has 0 bridgehead atoms. The van der Waals surface area contributed by atoms with Crippen molar-refractivity contribution in [2.45, 2.75) is 33.2 Å². The van der Waals surface area contributed by atoms with Crippen LogP contribution in [0.4, 0.5) is 5.82 Å². The van der Waals surface area contributed by atoms with Crippen LogP contribution in [0.3, 0.4) is 0 Å². The van der Waals surface area contributed by atoms with Crippen LogP contribution in [0.25, 0.3) is 11.5 Å². The molecule has 0 aromatic carbocycles. The van der Waals surface area contributed by atoms with E-state index in [0.29, 0.717) is 11.7 Å². The largest absolute Gasteiger partial charge is 0.367 e. The summed E-state index contributed by atoms with van der Waals surface area (Å²) in [6.45, 7) is 5.90. The molecule has 0 aliphatic carbocycles. The van der Waals surface area contributed by atoms with Gasteiger partial charge in [0.25, 0.3) is 5.89 Å². The van der Waals surface area contributed by atoms with E-state index in [9.17, 15) is 0 Å². The lowest BCUT2D eigenvalue weighted by Crippen LogP contribution is -2.19. The van der Waals surface area contributed by atoms with Crippen molar-refractivity contribution in [3.8, 4) is 11.5 Å². The van der Waals surface area contributed by atoms with Crippen LogP contribution in [0.2, 0.25) is 0 Å². The number of rotatable bonds is 5. The summed E-state index contributed by atoms with van der Waals surface area (Å²) in [5.41, 5.74) is 2.94. The van der Waals surface area contributed by atoms with Gasteiger partial charge in [0.15, 0.2) is 5.82 Å². The Morgan fingerprint density at radius 1 is 1.17 bits per heavy atom. The Hall–Kier alpha value is -2.76. The summed E-state index contributed by atoms with van der Waals surface area (Å²) in [5, 5.41) is 7.20. The normalized spacial score (nSPS) is 12.1. The lowest BCUT2D eigenvalue weighted by Gasteiger charge is -2.14. The van der Waals surface area contributed by atoms with E-state index in [4.69, 9.17) is 4.52 Å². The zero-order valence-corrected chi connectivity index (χ0v) is 13.4. The fourth-order valence-electron chi connectivity index (χ4n) is 2.39. The second kappa shape index (κ2) is 6.56. The molecule has 0 aliphatic rings. The SMILES string of the molecule is Cc1cccc(CC(C)Nc2cc(-c3nc(C)no3)ccn2)n1. The minimum atomic E-state index is 0.205. The van der Waals surface area contributed by atoms with E-state index in [1.165, 1.54) is 0 Å². The maximum Gasteiger partial charge on any atom is 0.258 e. The highest BCUT2D eigenvalue weighted by molar-refractivity contribution is 5.58. The maximum atomic E-state index is 5.19. The van der Waals surface area contributed by atoms with E-state index >= 15 is 0 Å². The van der Waals surface area contributed by atoms with Crippen LogP contribution in [0.1, 0.15) is 24.1 Å². The molecule has 6 nitrogen and oxygen atoms in total. The van der Waals surface area contributed by atoms with Crippen molar-refractivity contribution in [2.24, 2.45) is 0 Å². The molecule has 3 aromatic heterocycles. The van der Waals surface area contributed by atoms with Crippen molar-refractivity contribution in [1.82, 2.24) is 20.1 Å². The molecule has 1 unspecified atom stereocenters. The van der Waals surface area contributed by atoms with E-state index in [1.54, 1.807) is 13.1 Å². The van der Waals surface area contributed by atoms with Gasteiger partial charge in [-0.2, -0.15) is 4.98 Å². The lowest BCUT2D eigenvalue weighted by atomic mass is 10.1. The van der Waals surface area contributed by atoms with Crippen molar-refractivity contribution in [2.75, 3.05) is 5.32 Å². The van der Waals surface area contributed by atoms with E-state index in [2.05, 4.69) is 32.3 Å². The van der Waals surface area contributed by atoms with Crippen LogP contribution in [0.5, 0.6) is 0 Å². The van der Waals surface area contributed by atoms with Gasteiger partial charge in [-0.1, -0.05) is 11.2 Å². The molecule has 0 saturated heterocycles. The molecule has 6 heteroatoms. The number of aryl methyl sites for hydroxylation is 2. The van der Waals surface area contributed by atoms with Crippen LogP contribution < -0.4 is 5.32 Å². The molecule has 0 radical (unpaired) electrons. The molecule has 1 N–H and O–H groups in total. The molecule has 0 aliphatic heterocycles. The van der Waals surface area contributed by atoms with E-state index in [-0.39, 0.29) is 6.04 Å². The van der Waals surface area contributed by atoms with Gasteiger partial charge >= 0.3 is 0 Å². The van der Waals surface area contributed by atoms with Crippen molar-refractivity contribution in [3.63, 3.8) is 0 Å². The fraction of sp³-hybridized carbons (Fsp3) is 0.294. The monoisotopic (exact) mass is 309 g/mol. The van der Waals surface area contributed by atoms with Crippen molar-refractivity contribution < 1.29 is 4.52 Å². The van der Waals surface area contributed by atoms with Gasteiger partial charge in [0.1, 0.15) is 5.82 Å². The standard InChI is InChI=1S/C17H19N5O/c1-11-5-4-6-15(19-11)9-12(2)20-16-10-14(7-8-18-16)17-21-13(3)22-23-17/h4-8,10,12H,9H2,1-3H3,(H,18,20). The van der Waals surface area contributed by atoms with Gasteiger partial charge in [0.2, 0.25) is 0 Å². The average molecular weight is 309 g/mol. The Morgan fingerprint density at radius 2 is 2.04 bits per heavy atom. The highest BCUT2D eigenvalue weighted by Crippen LogP contribution is 2.19. The highest BCUT2D eigenvalue weighted by Gasteiger charge is 2.10. The first-order valence-electron chi connectivity index (χ1n) is 7.56. The Kier molecular flexibility index (Phi) is 4.32. The Balaban J connectivity index is 1.70. The summed E-state index contributed by atoms with van der Waals surface area (Å²) >= 11 is 0. The molecule has 0 saturated carbocycles. The summed E-state index contributed by atoms with van der Waals surface area (Å²) in [5.74, 6) is 1.89. The number of nitrogens with one attached hydrogen (secondary N) is 1. The molecule has 3 rings (SSSR count). The van der Waals surface area contributed by atoms with Crippen LogP contribution in [-0.2, 0) is 6.42 Å². The van der Waals surface area contributed by atoms with E-state index in [1.807, 2.05) is 37.3 Å². The van der Waals surface area contributed by atoms with E-state index < -0.39 is 0 Å². The summed E-state index contributed by atoms with van der Waals surface area (Å²) in [7, 11) is 0. The lowest BCUT2D eigenvalue weighted by molar-refractivity contribution is 0.425. The minimum Gasteiger partial charge on any atom is -0.367 e.